The lowest BCUT2D eigenvalue weighted by Gasteiger charge is -2.67. The van der Waals surface area contributed by atoms with Crippen LogP contribution >= 0.6 is 0 Å². The number of carbonyl (C=O) groups excluding carboxylic acids is 1. The standard InChI is InChI=1S/C16H20O5S/c1-11-3-5-14(6-4-11)22(18,19)21-9-15-13-7-16(15,8-13)10-20-12(2)17/h3-6,13,15H,7-10H2,1-2H3. The number of aryl methyl sites for hydroxylation is 1. The zero-order valence-corrected chi connectivity index (χ0v) is 13.6. The topological polar surface area (TPSA) is 69.7 Å². The van der Waals surface area contributed by atoms with Gasteiger partial charge in [0.25, 0.3) is 10.1 Å². The summed E-state index contributed by atoms with van der Waals surface area (Å²) in [4.78, 5) is 11.1. The Balaban J connectivity index is 1.59. The van der Waals surface area contributed by atoms with Crippen LogP contribution in [0.5, 0.6) is 0 Å². The van der Waals surface area contributed by atoms with Gasteiger partial charge in [-0.15, -0.1) is 0 Å². The van der Waals surface area contributed by atoms with Crippen LogP contribution in [-0.4, -0.2) is 27.6 Å². The number of esters is 1. The molecule has 6 heteroatoms. The van der Waals surface area contributed by atoms with Crippen molar-refractivity contribution in [2.45, 2.75) is 31.6 Å². The Morgan fingerprint density at radius 2 is 1.91 bits per heavy atom. The van der Waals surface area contributed by atoms with Gasteiger partial charge in [0.15, 0.2) is 0 Å². The molecule has 5 nitrogen and oxygen atoms in total. The molecule has 0 aromatic heterocycles. The van der Waals surface area contributed by atoms with Gasteiger partial charge in [-0.3, -0.25) is 8.98 Å². The van der Waals surface area contributed by atoms with Gasteiger partial charge in [-0.25, -0.2) is 0 Å². The second-order valence-electron chi connectivity index (χ2n) is 6.47. The Hall–Kier alpha value is -1.40. The maximum atomic E-state index is 12.2. The van der Waals surface area contributed by atoms with Crippen LogP contribution in [-0.2, 0) is 23.8 Å². The average molecular weight is 324 g/mol. The zero-order valence-electron chi connectivity index (χ0n) is 12.7. The van der Waals surface area contributed by atoms with Crippen molar-refractivity contribution in [3.8, 4) is 0 Å². The van der Waals surface area contributed by atoms with E-state index in [0.717, 1.165) is 18.4 Å². The molecule has 0 aliphatic heterocycles. The number of rotatable bonds is 6. The highest BCUT2D eigenvalue weighted by Crippen LogP contribution is 2.68. The van der Waals surface area contributed by atoms with E-state index in [2.05, 4.69) is 0 Å². The SMILES string of the molecule is CC(=O)OCC12CC(C1)C2COS(=O)(=O)c1ccc(C)cc1. The van der Waals surface area contributed by atoms with Crippen molar-refractivity contribution in [1.29, 1.82) is 0 Å². The van der Waals surface area contributed by atoms with E-state index in [0.29, 0.717) is 12.5 Å². The molecule has 0 saturated heterocycles. The van der Waals surface area contributed by atoms with Crippen molar-refractivity contribution in [2.75, 3.05) is 13.2 Å². The number of benzene rings is 1. The third-order valence-electron chi connectivity index (χ3n) is 4.97. The van der Waals surface area contributed by atoms with E-state index in [9.17, 15) is 13.2 Å². The van der Waals surface area contributed by atoms with Crippen molar-refractivity contribution >= 4 is 16.1 Å². The minimum atomic E-state index is -3.72. The van der Waals surface area contributed by atoms with Crippen molar-refractivity contribution < 1.29 is 22.1 Å². The summed E-state index contributed by atoms with van der Waals surface area (Å²) in [6.45, 7) is 3.83. The number of hydrogen-bond donors (Lipinski definition) is 0. The minimum absolute atomic E-state index is 0.0564. The molecule has 2 bridgehead atoms. The lowest BCUT2D eigenvalue weighted by atomic mass is 9.38. The van der Waals surface area contributed by atoms with E-state index >= 15 is 0 Å². The number of hydrogen-bond acceptors (Lipinski definition) is 5. The van der Waals surface area contributed by atoms with E-state index in [-0.39, 0.29) is 28.8 Å². The molecule has 1 atom stereocenters. The van der Waals surface area contributed by atoms with Gasteiger partial charge < -0.3 is 4.74 Å². The fourth-order valence-electron chi connectivity index (χ4n) is 3.47. The molecule has 0 radical (unpaired) electrons. The second kappa shape index (κ2) is 5.35. The molecule has 1 unspecified atom stereocenters. The smallest absolute Gasteiger partial charge is 0.302 e. The summed E-state index contributed by atoms with van der Waals surface area (Å²) >= 11 is 0. The van der Waals surface area contributed by atoms with E-state index in [1.807, 2.05) is 6.92 Å². The van der Waals surface area contributed by atoms with Gasteiger partial charge in [0, 0.05) is 12.3 Å². The zero-order chi connectivity index (χ0) is 16.0. The van der Waals surface area contributed by atoms with Gasteiger partial charge in [0.05, 0.1) is 18.1 Å². The average Bonchev–Trinajstić information content (AvgIpc) is 2.36. The van der Waals surface area contributed by atoms with E-state index in [1.54, 1.807) is 24.3 Å². The van der Waals surface area contributed by atoms with Crippen LogP contribution in [0.3, 0.4) is 0 Å². The van der Waals surface area contributed by atoms with Gasteiger partial charge in [-0.2, -0.15) is 8.42 Å². The van der Waals surface area contributed by atoms with Crippen LogP contribution in [0.25, 0.3) is 0 Å². The molecular formula is C16H20O5S. The third kappa shape index (κ3) is 2.65. The molecule has 3 aliphatic rings. The monoisotopic (exact) mass is 324 g/mol. The first-order chi connectivity index (χ1) is 10.3. The summed E-state index contributed by atoms with van der Waals surface area (Å²) in [5.74, 6) is 0.382. The predicted molar refractivity (Wildman–Crippen MR) is 79.6 cm³/mol. The van der Waals surface area contributed by atoms with E-state index in [4.69, 9.17) is 8.92 Å². The van der Waals surface area contributed by atoms with Crippen LogP contribution in [0.1, 0.15) is 25.3 Å². The molecular weight excluding hydrogens is 304 g/mol. The molecule has 0 amide bonds. The quantitative estimate of drug-likeness (QED) is 0.593. The minimum Gasteiger partial charge on any atom is -0.465 e. The maximum absolute atomic E-state index is 12.2. The summed E-state index contributed by atoms with van der Waals surface area (Å²) < 4.78 is 34.7. The van der Waals surface area contributed by atoms with Crippen molar-refractivity contribution in [2.24, 2.45) is 17.3 Å². The maximum Gasteiger partial charge on any atom is 0.302 e. The highest BCUT2D eigenvalue weighted by atomic mass is 32.2. The highest BCUT2D eigenvalue weighted by Gasteiger charge is 2.65. The van der Waals surface area contributed by atoms with E-state index < -0.39 is 10.1 Å². The molecule has 3 saturated carbocycles. The number of carbonyl (C=O) groups is 1. The second-order valence-corrected chi connectivity index (χ2v) is 8.08. The van der Waals surface area contributed by atoms with Crippen molar-refractivity contribution in [1.82, 2.24) is 0 Å². The lowest BCUT2D eigenvalue weighted by Crippen LogP contribution is -2.65. The molecule has 3 aliphatic carbocycles. The normalized spacial score (nSPS) is 29.4. The predicted octanol–water partition coefficient (Wildman–Crippen LogP) is 2.29. The van der Waals surface area contributed by atoms with Crippen LogP contribution < -0.4 is 0 Å². The molecule has 0 spiro atoms. The summed E-state index contributed by atoms with van der Waals surface area (Å²) in [5.41, 5.74) is 0.943. The molecule has 0 heterocycles. The summed E-state index contributed by atoms with van der Waals surface area (Å²) in [7, 11) is -3.72. The molecule has 1 aromatic carbocycles. The third-order valence-corrected chi connectivity index (χ3v) is 6.26. The summed E-state index contributed by atoms with van der Waals surface area (Å²) in [5, 5.41) is 0. The first-order valence-electron chi connectivity index (χ1n) is 7.42. The summed E-state index contributed by atoms with van der Waals surface area (Å²) in [6.07, 6.45) is 2.00. The van der Waals surface area contributed by atoms with Crippen LogP contribution in [0.4, 0.5) is 0 Å². The summed E-state index contributed by atoms with van der Waals surface area (Å²) in [6, 6.07) is 6.61. The van der Waals surface area contributed by atoms with Crippen molar-refractivity contribution in [3.63, 3.8) is 0 Å². The van der Waals surface area contributed by atoms with Gasteiger partial charge in [0.1, 0.15) is 0 Å². The van der Waals surface area contributed by atoms with Crippen LogP contribution in [0.2, 0.25) is 0 Å². The Morgan fingerprint density at radius 3 is 2.41 bits per heavy atom. The van der Waals surface area contributed by atoms with Crippen LogP contribution in [0.15, 0.2) is 29.2 Å². The molecule has 4 rings (SSSR count). The van der Waals surface area contributed by atoms with Gasteiger partial charge in [-0.1, -0.05) is 17.7 Å². The molecule has 3 fully saturated rings. The van der Waals surface area contributed by atoms with Gasteiger partial charge in [-0.05, 0) is 43.7 Å². The Labute approximate surface area is 130 Å². The molecule has 0 N–H and O–H groups in total. The largest absolute Gasteiger partial charge is 0.465 e. The molecule has 22 heavy (non-hydrogen) atoms. The van der Waals surface area contributed by atoms with Crippen molar-refractivity contribution in [3.05, 3.63) is 29.8 Å². The molecule has 1 aromatic rings. The first-order valence-corrected chi connectivity index (χ1v) is 8.83. The van der Waals surface area contributed by atoms with E-state index in [1.165, 1.54) is 6.92 Å². The lowest BCUT2D eigenvalue weighted by molar-refractivity contribution is -0.229. The number of ether oxygens (including phenoxy) is 1. The fraction of sp³-hybridized carbons (Fsp3) is 0.562. The van der Waals surface area contributed by atoms with Crippen LogP contribution in [0, 0.1) is 24.2 Å². The molecule has 120 valence electrons. The Morgan fingerprint density at radius 1 is 1.27 bits per heavy atom. The highest BCUT2D eigenvalue weighted by molar-refractivity contribution is 7.86. The Bertz CT molecular complexity index is 671. The first kappa shape index (κ1) is 15.5. The van der Waals surface area contributed by atoms with Gasteiger partial charge in [0.2, 0.25) is 0 Å². The fourth-order valence-corrected chi connectivity index (χ4v) is 4.40. The van der Waals surface area contributed by atoms with Gasteiger partial charge >= 0.3 is 5.97 Å². The Kier molecular flexibility index (Phi) is 3.77.